The first-order valence-corrected chi connectivity index (χ1v) is 9.30. The van der Waals surface area contributed by atoms with Gasteiger partial charge < -0.3 is 4.90 Å². The Balaban J connectivity index is 1.90. The van der Waals surface area contributed by atoms with E-state index in [4.69, 9.17) is 0 Å². The Morgan fingerprint density at radius 3 is 2.61 bits per heavy atom. The van der Waals surface area contributed by atoms with Crippen LogP contribution < -0.4 is 9.21 Å². The van der Waals surface area contributed by atoms with Crippen molar-refractivity contribution in [2.24, 2.45) is 0 Å². The highest BCUT2D eigenvalue weighted by molar-refractivity contribution is 7.93. The van der Waals surface area contributed by atoms with Crippen molar-refractivity contribution in [1.29, 1.82) is 0 Å². The van der Waals surface area contributed by atoms with Gasteiger partial charge in [0.05, 0.1) is 29.6 Å². The predicted molar refractivity (Wildman–Crippen MR) is 91.7 cm³/mol. The van der Waals surface area contributed by atoms with Gasteiger partial charge in [-0.1, -0.05) is 18.2 Å². The number of benzene rings is 2. The van der Waals surface area contributed by atoms with Crippen molar-refractivity contribution in [3.63, 3.8) is 0 Å². The van der Waals surface area contributed by atoms with Gasteiger partial charge in [-0.3, -0.25) is 4.31 Å². The number of rotatable bonds is 2. The van der Waals surface area contributed by atoms with E-state index in [-0.39, 0.29) is 4.90 Å². The van der Waals surface area contributed by atoms with Gasteiger partial charge in [0, 0.05) is 13.6 Å². The molecule has 1 aliphatic rings. The Labute approximate surface area is 138 Å². The van der Waals surface area contributed by atoms with E-state index in [1.165, 1.54) is 4.31 Å². The SMILES string of the molecule is CN1CCN(S(=O)(=O)c2cccc3nsnc23)c2ccccc21. The van der Waals surface area contributed by atoms with Gasteiger partial charge in [0.15, 0.2) is 0 Å². The minimum atomic E-state index is -3.68. The van der Waals surface area contributed by atoms with Crippen molar-refractivity contribution >= 4 is 44.2 Å². The number of nitrogens with zero attached hydrogens (tertiary/aromatic N) is 4. The topological polar surface area (TPSA) is 66.4 Å². The molecule has 3 aromatic rings. The summed E-state index contributed by atoms with van der Waals surface area (Å²) in [6.45, 7) is 1.05. The average Bonchev–Trinajstić information content (AvgIpc) is 3.03. The molecular weight excluding hydrogens is 332 g/mol. The van der Waals surface area contributed by atoms with Gasteiger partial charge in [0.1, 0.15) is 15.9 Å². The Hall–Kier alpha value is -2.19. The summed E-state index contributed by atoms with van der Waals surface area (Å²) in [6, 6.07) is 12.6. The third-order valence-corrected chi connectivity index (χ3v) is 6.40. The van der Waals surface area contributed by atoms with Gasteiger partial charge in [0.2, 0.25) is 0 Å². The minimum absolute atomic E-state index is 0.211. The summed E-state index contributed by atoms with van der Waals surface area (Å²) in [5.41, 5.74) is 2.65. The van der Waals surface area contributed by atoms with Crippen molar-refractivity contribution in [3.8, 4) is 0 Å². The van der Waals surface area contributed by atoms with Gasteiger partial charge in [-0.15, -0.1) is 0 Å². The van der Waals surface area contributed by atoms with E-state index in [0.29, 0.717) is 29.8 Å². The maximum absolute atomic E-state index is 13.2. The highest BCUT2D eigenvalue weighted by Gasteiger charge is 2.32. The van der Waals surface area contributed by atoms with E-state index in [0.717, 1.165) is 17.4 Å². The van der Waals surface area contributed by atoms with Gasteiger partial charge in [0.25, 0.3) is 10.0 Å². The van der Waals surface area contributed by atoms with E-state index in [1.54, 1.807) is 18.2 Å². The van der Waals surface area contributed by atoms with E-state index in [9.17, 15) is 8.42 Å². The standard InChI is InChI=1S/C15H14N4O2S2/c1-18-9-10-19(13-7-3-2-6-12(13)18)23(20,21)14-8-4-5-11-15(14)17-22-16-11/h2-8H,9-10H2,1H3. The fraction of sp³-hybridized carbons (Fsp3) is 0.200. The molecule has 2 aromatic carbocycles. The molecule has 1 aromatic heterocycles. The number of anilines is 2. The first-order chi connectivity index (χ1) is 11.1. The second kappa shape index (κ2) is 5.17. The van der Waals surface area contributed by atoms with Gasteiger partial charge in [-0.05, 0) is 24.3 Å². The predicted octanol–water partition coefficient (Wildman–Crippen LogP) is 2.34. The van der Waals surface area contributed by atoms with Crippen molar-refractivity contribution < 1.29 is 8.42 Å². The molecule has 0 saturated heterocycles. The maximum Gasteiger partial charge on any atom is 0.266 e. The largest absolute Gasteiger partial charge is 0.371 e. The van der Waals surface area contributed by atoms with Crippen LogP contribution in [0.1, 0.15) is 0 Å². The van der Waals surface area contributed by atoms with Crippen LogP contribution >= 0.6 is 11.7 Å². The van der Waals surface area contributed by atoms with Crippen LogP contribution in [0.15, 0.2) is 47.4 Å². The second-order valence-electron chi connectivity index (χ2n) is 5.38. The van der Waals surface area contributed by atoms with Crippen LogP contribution in [0.2, 0.25) is 0 Å². The average molecular weight is 346 g/mol. The summed E-state index contributed by atoms with van der Waals surface area (Å²) >= 11 is 1.02. The van der Waals surface area contributed by atoms with Gasteiger partial charge in [-0.25, -0.2) is 8.42 Å². The molecule has 1 aliphatic heterocycles. The monoisotopic (exact) mass is 346 g/mol. The second-order valence-corrected chi connectivity index (χ2v) is 7.73. The first-order valence-electron chi connectivity index (χ1n) is 7.13. The molecule has 0 aliphatic carbocycles. The lowest BCUT2D eigenvalue weighted by atomic mass is 10.2. The Bertz CT molecular complexity index is 984. The molecule has 6 nitrogen and oxygen atoms in total. The summed E-state index contributed by atoms with van der Waals surface area (Å²) < 4.78 is 36.2. The van der Waals surface area contributed by atoms with E-state index in [1.807, 2.05) is 31.3 Å². The Morgan fingerprint density at radius 2 is 1.78 bits per heavy atom. The smallest absolute Gasteiger partial charge is 0.266 e. The molecule has 0 bridgehead atoms. The van der Waals surface area contributed by atoms with Crippen LogP contribution in [0.5, 0.6) is 0 Å². The van der Waals surface area contributed by atoms with Gasteiger partial charge >= 0.3 is 0 Å². The lowest BCUT2D eigenvalue weighted by Crippen LogP contribution is -2.42. The molecule has 0 fully saturated rings. The quantitative estimate of drug-likeness (QED) is 0.712. The van der Waals surface area contributed by atoms with Crippen LogP contribution in [0.3, 0.4) is 0 Å². The van der Waals surface area contributed by atoms with Crippen molar-refractivity contribution in [1.82, 2.24) is 8.75 Å². The number of sulfonamides is 1. The number of likely N-dealkylation sites (N-methyl/N-ethyl adjacent to an activating group) is 1. The van der Waals surface area contributed by atoms with E-state index in [2.05, 4.69) is 13.6 Å². The minimum Gasteiger partial charge on any atom is -0.371 e. The molecular formula is C15H14N4O2S2. The van der Waals surface area contributed by atoms with Crippen molar-refractivity contribution in [2.45, 2.75) is 4.90 Å². The molecule has 0 spiro atoms. The zero-order valence-corrected chi connectivity index (χ0v) is 14.0. The van der Waals surface area contributed by atoms with Crippen LogP contribution in [0, 0.1) is 0 Å². The zero-order valence-electron chi connectivity index (χ0n) is 12.4. The molecule has 0 atom stereocenters. The maximum atomic E-state index is 13.2. The summed E-state index contributed by atoms with van der Waals surface area (Å²) in [6.07, 6.45) is 0. The molecule has 0 radical (unpaired) electrons. The summed E-state index contributed by atoms with van der Waals surface area (Å²) in [7, 11) is -1.72. The van der Waals surface area contributed by atoms with Gasteiger partial charge in [-0.2, -0.15) is 8.75 Å². The number of hydrogen-bond donors (Lipinski definition) is 0. The molecule has 0 N–H and O–H groups in total. The van der Waals surface area contributed by atoms with Crippen LogP contribution in [0.4, 0.5) is 11.4 Å². The number of aromatic nitrogens is 2. The number of hydrogen-bond acceptors (Lipinski definition) is 6. The zero-order chi connectivity index (χ0) is 16.0. The third-order valence-electron chi connectivity index (χ3n) is 4.02. The van der Waals surface area contributed by atoms with Crippen LogP contribution in [-0.2, 0) is 10.0 Å². The highest BCUT2D eigenvalue weighted by Crippen LogP contribution is 2.36. The fourth-order valence-electron chi connectivity index (χ4n) is 2.84. The molecule has 0 amide bonds. The van der Waals surface area contributed by atoms with E-state index < -0.39 is 10.0 Å². The molecule has 0 saturated carbocycles. The van der Waals surface area contributed by atoms with Crippen LogP contribution in [-0.4, -0.2) is 37.3 Å². The van der Waals surface area contributed by atoms with Crippen molar-refractivity contribution in [3.05, 3.63) is 42.5 Å². The molecule has 2 heterocycles. The molecule has 0 unspecified atom stereocenters. The normalized spacial score (nSPS) is 15.0. The molecule has 23 heavy (non-hydrogen) atoms. The first kappa shape index (κ1) is 14.4. The summed E-state index contributed by atoms with van der Waals surface area (Å²) in [5, 5.41) is 0. The van der Waals surface area contributed by atoms with Crippen LogP contribution in [0.25, 0.3) is 11.0 Å². The van der Waals surface area contributed by atoms with E-state index >= 15 is 0 Å². The summed E-state index contributed by atoms with van der Waals surface area (Å²) in [4.78, 5) is 2.27. The number of fused-ring (bicyclic) bond motifs is 2. The molecule has 118 valence electrons. The Kier molecular flexibility index (Phi) is 3.24. The number of para-hydroxylation sites is 2. The third kappa shape index (κ3) is 2.17. The molecule has 8 heteroatoms. The lowest BCUT2D eigenvalue weighted by Gasteiger charge is -2.36. The highest BCUT2D eigenvalue weighted by atomic mass is 32.2. The lowest BCUT2D eigenvalue weighted by molar-refractivity contribution is 0.590. The van der Waals surface area contributed by atoms with Crippen molar-refractivity contribution in [2.75, 3.05) is 29.3 Å². The molecule has 4 rings (SSSR count). The fourth-order valence-corrected chi connectivity index (χ4v) is 5.06. The summed E-state index contributed by atoms with van der Waals surface area (Å²) in [5.74, 6) is 0. The Morgan fingerprint density at radius 1 is 1.00 bits per heavy atom.